The van der Waals surface area contributed by atoms with Crippen LogP contribution in [0.5, 0.6) is 0 Å². The first-order chi connectivity index (χ1) is 10.1. The molecule has 2 fully saturated rings. The molecule has 3 nitrogen and oxygen atoms in total. The van der Waals surface area contributed by atoms with Gasteiger partial charge in [0.1, 0.15) is 0 Å². The molecule has 0 amide bonds. The summed E-state index contributed by atoms with van der Waals surface area (Å²) in [7, 11) is 0. The van der Waals surface area contributed by atoms with Crippen LogP contribution in [0.2, 0.25) is 0 Å². The maximum absolute atomic E-state index is 8.56. The number of unbranched alkanes of at least 4 members (excludes halogenated alkanes) is 2. The van der Waals surface area contributed by atoms with Crippen LogP contribution in [0.1, 0.15) is 90.4 Å². The van der Waals surface area contributed by atoms with Gasteiger partial charge < -0.3 is 10.2 Å². The molecule has 2 N–H and O–H groups in total. The van der Waals surface area contributed by atoms with Gasteiger partial charge in [0.2, 0.25) is 0 Å². The molecule has 0 bridgehead atoms. The van der Waals surface area contributed by atoms with Crippen LogP contribution in [0.4, 0.5) is 4.79 Å². The van der Waals surface area contributed by atoms with E-state index < -0.39 is 6.16 Å². The Balaban J connectivity index is 0.000000491. The summed E-state index contributed by atoms with van der Waals surface area (Å²) in [6.07, 6.45) is 18.0. The van der Waals surface area contributed by atoms with Gasteiger partial charge in [0.25, 0.3) is 0 Å². The molecule has 0 aliphatic heterocycles. The lowest BCUT2D eigenvalue weighted by Gasteiger charge is -2.36. The molecule has 0 aromatic rings. The fraction of sp³-hybridized carbons (Fsp3) is 0.944. The summed E-state index contributed by atoms with van der Waals surface area (Å²) in [6.45, 7) is 2.32. The smallest absolute Gasteiger partial charge is 0.450 e. The summed E-state index contributed by atoms with van der Waals surface area (Å²) < 4.78 is 0. The SMILES string of the molecule is CCCCC[C@H]1CC[C@H](C2CCCCC2)CC1.O=C(O)O. The molecule has 0 aromatic heterocycles. The predicted octanol–water partition coefficient (Wildman–Crippen LogP) is 6.18. The monoisotopic (exact) mass is 298 g/mol. The third kappa shape index (κ3) is 8.33. The molecule has 0 saturated heterocycles. The molecule has 2 aliphatic rings. The Bertz CT molecular complexity index is 260. The van der Waals surface area contributed by atoms with Crippen molar-refractivity contribution in [2.75, 3.05) is 0 Å². The summed E-state index contributed by atoms with van der Waals surface area (Å²) in [5.74, 6) is 3.35. The van der Waals surface area contributed by atoms with E-state index in [4.69, 9.17) is 15.0 Å². The quantitative estimate of drug-likeness (QED) is 0.596. The standard InChI is InChI=1S/C17H32.CH2O3/c1-2-3-5-8-15-11-13-17(14-12-15)16-9-6-4-7-10-16;2-1(3)4/h15-17H,2-14H2,1H3;(H2,2,3,4)/t15-,17-;. The van der Waals surface area contributed by atoms with Gasteiger partial charge in [-0.05, 0) is 30.6 Å². The van der Waals surface area contributed by atoms with Crippen molar-refractivity contribution in [3.63, 3.8) is 0 Å². The number of hydrogen-bond donors (Lipinski definition) is 2. The van der Waals surface area contributed by atoms with Crippen LogP contribution in [0.15, 0.2) is 0 Å². The van der Waals surface area contributed by atoms with E-state index in [9.17, 15) is 0 Å². The van der Waals surface area contributed by atoms with Crippen molar-refractivity contribution >= 4 is 6.16 Å². The fourth-order valence-corrected chi connectivity index (χ4v) is 4.24. The number of carbonyl (C=O) groups is 1. The van der Waals surface area contributed by atoms with Crippen molar-refractivity contribution in [2.24, 2.45) is 17.8 Å². The van der Waals surface area contributed by atoms with Crippen molar-refractivity contribution in [1.82, 2.24) is 0 Å². The number of hydrogen-bond acceptors (Lipinski definition) is 1. The Labute approximate surface area is 130 Å². The van der Waals surface area contributed by atoms with E-state index in [1.165, 1.54) is 44.9 Å². The number of rotatable bonds is 5. The van der Waals surface area contributed by atoms with E-state index in [0.717, 1.165) is 17.8 Å². The average Bonchev–Trinajstić information content (AvgIpc) is 2.49. The van der Waals surface area contributed by atoms with Crippen LogP contribution in [0.25, 0.3) is 0 Å². The third-order valence-corrected chi connectivity index (χ3v) is 5.42. The largest absolute Gasteiger partial charge is 0.503 e. The molecular weight excluding hydrogens is 264 g/mol. The summed E-state index contributed by atoms with van der Waals surface area (Å²) in [5, 5.41) is 13.9. The van der Waals surface area contributed by atoms with Crippen LogP contribution >= 0.6 is 0 Å². The van der Waals surface area contributed by atoms with Gasteiger partial charge in [0.05, 0.1) is 0 Å². The van der Waals surface area contributed by atoms with Gasteiger partial charge in [-0.15, -0.1) is 0 Å². The first kappa shape index (κ1) is 18.3. The fourth-order valence-electron chi connectivity index (χ4n) is 4.24. The Morgan fingerprint density at radius 3 is 1.90 bits per heavy atom. The van der Waals surface area contributed by atoms with E-state index in [-0.39, 0.29) is 0 Å². The maximum Gasteiger partial charge on any atom is 0.503 e. The number of carboxylic acid groups (broad SMARTS) is 2. The van der Waals surface area contributed by atoms with Crippen molar-refractivity contribution in [2.45, 2.75) is 90.4 Å². The maximum atomic E-state index is 8.56. The Kier molecular flexibility index (Phi) is 9.53. The van der Waals surface area contributed by atoms with Crippen LogP contribution in [-0.4, -0.2) is 16.4 Å². The molecule has 124 valence electrons. The topological polar surface area (TPSA) is 57.5 Å². The molecular formula is C18H34O3. The lowest BCUT2D eigenvalue weighted by Crippen LogP contribution is -2.23. The van der Waals surface area contributed by atoms with E-state index in [1.807, 2.05) is 0 Å². The lowest BCUT2D eigenvalue weighted by atomic mass is 9.70. The summed E-state index contributed by atoms with van der Waals surface area (Å²) >= 11 is 0. The highest BCUT2D eigenvalue weighted by Gasteiger charge is 2.28. The van der Waals surface area contributed by atoms with E-state index >= 15 is 0 Å². The second-order valence-corrected chi connectivity index (χ2v) is 6.96. The third-order valence-electron chi connectivity index (χ3n) is 5.42. The van der Waals surface area contributed by atoms with Crippen molar-refractivity contribution < 1.29 is 15.0 Å². The van der Waals surface area contributed by atoms with Crippen molar-refractivity contribution in [3.05, 3.63) is 0 Å². The van der Waals surface area contributed by atoms with Gasteiger partial charge in [0.15, 0.2) is 0 Å². The minimum Gasteiger partial charge on any atom is -0.450 e. The Morgan fingerprint density at radius 1 is 0.857 bits per heavy atom. The Hall–Kier alpha value is -0.730. The summed E-state index contributed by atoms with van der Waals surface area (Å²) in [6, 6.07) is 0. The molecule has 0 atom stereocenters. The van der Waals surface area contributed by atoms with Crippen LogP contribution in [-0.2, 0) is 0 Å². The van der Waals surface area contributed by atoms with Gasteiger partial charge in [-0.1, -0.05) is 77.6 Å². The zero-order chi connectivity index (χ0) is 15.5. The molecule has 0 spiro atoms. The van der Waals surface area contributed by atoms with Gasteiger partial charge in [0, 0.05) is 0 Å². The second-order valence-electron chi connectivity index (χ2n) is 6.96. The van der Waals surface area contributed by atoms with Crippen LogP contribution in [0, 0.1) is 17.8 Å². The van der Waals surface area contributed by atoms with Crippen LogP contribution in [0.3, 0.4) is 0 Å². The first-order valence-electron chi connectivity index (χ1n) is 9.05. The van der Waals surface area contributed by atoms with Gasteiger partial charge in [-0.2, -0.15) is 0 Å². The molecule has 3 heteroatoms. The lowest BCUT2D eigenvalue weighted by molar-refractivity contribution is 0.137. The van der Waals surface area contributed by atoms with E-state index in [1.54, 1.807) is 38.5 Å². The zero-order valence-corrected chi connectivity index (χ0v) is 13.7. The molecule has 0 radical (unpaired) electrons. The van der Waals surface area contributed by atoms with E-state index in [0.29, 0.717) is 0 Å². The highest BCUT2D eigenvalue weighted by molar-refractivity contribution is 5.53. The minimum absolute atomic E-state index is 1.10. The molecule has 2 saturated carbocycles. The van der Waals surface area contributed by atoms with Crippen LogP contribution < -0.4 is 0 Å². The molecule has 0 unspecified atom stereocenters. The second kappa shape index (κ2) is 10.9. The van der Waals surface area contributed by atoms with Crippen molar-refractivity contribution in [1.29, 1.82) is 0 Å². The molecule has 2 rings (SSSR count). The zero-order valence-electron chi connectivity index (χ0n) is 13.7. The first-order valence-corrected chi connectivity index (χ1v) is 9.05. The molecule has 21 heavy (non-hydrogen) atoms. The average molecular weight is 298 g/mol. The molecule has 2 aliphatic carbocycles. The predicted molar refractivity (Wildman–Crippen MR) is 86.8 cm³/mol. The normalized spacial score (nSPS) is 26.7. The highest BCUT2D eigenvalue weighted by atomic mass is 16.6. The molecule has 0 aromatic carbocycles. The molecule has 0 heterocycles. The van der Waals surface area contributed by atoms with Gasteiger partial charge >= 0.3 is 6.16 Å². The summed E-state index contributed by atoms with van der Waals surface area (Å²) in [4.78, 5) is 8.56. The highest BCUT2D eigenvalue weighted by Crippen LogP contribution is 2.40. The van der Waals surface area contributed by atoms with E-state index in [2.05, 4.69) is 6.92 Å². The summed E-state index contributed by atoms with van der Waals surface area (Å²) in [5.41, 5.74) is 0. The minimum atomic E-state index is -1.83. The Morgan fingerprint density at radius 2 is 1.38 bits per heavy atom. The van der Waals surface area contributed by atoms with Gasteiger partial charge in [-0.3, -0.25) is 0 Å². The van der Waals surface area contributed by atoms with Gasteiger partial charge in [-0.25, -0.2) is 4.79 Å². The van der Waals surface area contributed by atoms with Crippen molar-refractivity contribution in [3.8, 4) is 0 Å².